The molecule has 5 rings (SSSR count). The van der Waals surface area contributed by atoms with Crippen LogP contribution in [-0.2, 0) is 11.3 Å². The topological polar surface area (TPSA) is 20.3 Å². The quantitative estimate of drug-likeness (QED) is 0.609. The van der Waals surface area contributed by atoms with Crippen molar-refractivity contribution in [2.24, 2.45) is 17.3 Å². The van der Waals surface area contributed by atoms with Crippen molar-refractivity contribution in [1.82, 2.24) is 4.90 Å². The Balaban J connectivity index is 1.54. The zero-order valence-corrected chi connectivity index (χ0v) is 13.6. The number of carbonyl (C=O) groups excluding carboxylic acids is 1. The fourth-order valence-electron chi connectivity index (χ4n) is 5.22. The van der Waals surface area contributed by atoms with Gasteiger partial charge in [-0.15, -0.1) is 0 Å². The lowest BCUT2D eigenvalue weighted by molar-refractivity contribution is -0.179. The molecule has 2 aromatic carbocycles. The van der Waals surface area contributed by atoms with Gasteiger partial charge in [-0.2, -0.15) is 0 Å². The van der Waals surface area contributed by atoms with Gasteiger partial charge in [0.05, 0.1) is 11.5 Å². The number of hydrogen-bond acceptors (Lipinski definition) is 1. The first-order valence-corrected chi connectivity index (χ1v) is 8.87. The third-order valence-electron chi connectivity index (χ3n) is 6.20. The number of benzene rings is 2. The molecular formula is C22H21NO. The Morgan fingerprint density at radius 1 is 0.958 bits per heavy atom. The molecular weight excluding hydrogens is 294 g/mol. The van der Waals surface area contributed by atoms with Crippen LogP contribution in [0.1, 0.15) is 30.0 Å². The van der Waals surface area contributed by atoms with E-state index in [9.17, 15) is 4.79 Å². The Labute approximate surface area is 142 Å². The number of likely N-dealkylation sites (tertiary alicyclic amines) is 1. The van der Waals surface area contributed by atoms with E-state index in [-0.39, 0.29) is 11.5 Å². The molecule has 2 bridgehead atoms. The standard InChI is InChI=1S/C22H21NO/c24-21-22(14-17-11-12-19(22)13-17)20(18-9-5-2-6-10-18)23(21)15-16-7-3-1-4-8-16/h1-12,17,19-20H,13-15H2/t17-,19-,20-,22-/m1/s1. The Hall–Kier alpha value is -2.35. The van der Waals surface area contributed by atoms with E-state index in [0.717, 1.165) is 12.8 Å². The van der Waals surface area contributed by atoms with Gasteiger partial charge in [0, 0.05) is 6.54 Å². The number of carbonyl (C=O) groups is 1. The number of hydrogen-bond donors (Lipinski definition) is 0. The van der Waals surface area contributed by atoms with E-state index in [1.54, 1.807) is 0 Å². The molecule has 3 aliphatic rings. The second kappa shape index (κ2) is 5.07. The van der Waals surface area contributed by atoms with Gasteiger partial charge in [0.15, 0.2) is 0 Å². The summed E-state index contributed by atoms with van der Waals surface area (Å²) < 4.78 is 0. The SMILES string of the molecule is O=C1N(Cc2ccccc2)[C@H](c2ccccc2)[C@]12C[C@@H]1C=C[C@@H]2C1. The van der Waals surface area contributed by atoms with Gasteiger partial charge in [0.2, 0.25) is 5.91 Å². The summed E-state index contributed by atoms with van der Waals surface area (Å²) in [6.07, 6.45) is 6.82. The molecule has 2 heteroatoms. The molecule has 24 heavy (non-hydrogen) atoms. The molecule has 2 nitrogen and oxygen atoms in total. The molecule has 0 unspecified atom stereocenters. The Kier molecular flexibility index (Phi) is 2.97. The second-order valence-corrected chi connectivity index (χ2v) is 7.46. The number of fused-ring (bicyclic) bond motifs is 3. The van der Waals surface area contributed by atoms with Crippen molar-refractivity contribution in [3.8, 4) is 0 Å². The molecule has 1 heterocycles. The monoisotopic (exact) mass is 315 g/mol. The van der Waals surface area contributed by atoms with E-state index in [0.29, 0.717) is 24.3 Å². The maximum atomic E-state index is 13.3. The summed E-state index contributed by atoms with van der Waals surface area (Å²) in [7, 11) is 0. The molecule has 1 aliphatic heterocycles. The molecule has 0 aromatic heterocycles. The summed E-state index contributed by atoms with van der Waals surface area (Å²) >= 11 is 0. The molecule has 2 fully saturated rings. The van der Waals surface area contributed by atoms with E-state index < -0.39 is 0 Å². The first-order chi connectivity index (χ1) is 11.8. The van der Waals surface area contributed by atoms with Crippen LogP contribution in [0.5, 0.6) is 0 Å². The number of nitrogens with zero attached hydrogens (tertiary/aromatic N) is 1. The number of β-lactam (4-membered cyclic amide) rings is 1. The van der Waals surface area contributed by atoms with Crippen LogP contribution in [0.2, 0.25) is 0 Å². The van der Waals surface area contributed by atoms with Crippen LogP contribution in [0.15, 0.2) is 72.8 Å². The van der Waals surface area contributed by atoms with Crippen LogP contribution < -0.4 is 0 Å². The Bertz CT molecular complexity index is 797. The average molecular weight is 315 g/mol. The lowest BCUT2D eigenvalue weighted by Gasteiger charge is -2.58. The van der Waals surface area contributed by atoms with Gasteiger partial charge in [0.25, 0.3) is 0 Å². The number of allylic oxidation sites excluding steroid dienone is 2. The molecule has 1 amide bonds. The van der Waals surface area contributed by atoms with Gasteiger partial charge in [-0.3, -0.25) is 4.79 Å². The normalized spacial score (nSPS) is 33.2. The van der Waals surface area contributed by atoms with Gasteiger partial charge in [0.1, 0.15) is 0 Å². The molecule has 1 saturated carbocycles. The third-order valence-corrected chi connectivity index (χ3v) is 6.20. The molecule has 1 spiro atoms. The summed E-state index contributed by atoms with van der Waals surface area (Å²) in [6, 6.07) is 21.2. The van der Waals surface area contributed by atoms with Gasteiger partial charge in [-0.25, -0.2) is 0 Å². The largest absolute Gasteiger partial charge is 0.330 e. The van der Waals surface area contributed by atoms with Gasteiger partial charge in [-0.05, 0) is 35.8 Å². The van der Waals surface area contributed by atoms with E-state index in [4.69, 9.17) is 0 Å². The molecule has 1 saturated heterocycles. The number of amides is 1. The van der Waals surface area contributed by atoms with Crippen molar-refractivity contribution in [3.05, 3.63) is 83.9 Å². The molecule has 4 atom stereocenters. The molecule has 120 valence electrons. The number of rotatable bonds is 3. The minimum Gasteiger partial charge on any atom is -0.330 e. The zero-order valence-electron chi connectivity index (χ0n) is 13.6. The third kappa shape index (κ3) is 1.80. The highest BCUT2D eigenvalue weighted by Gasteiger charge is 2.67. The fourth-order valence-corrected chi connectivity index (χ4v) is 5.22. The summed E-state index contributed by atoms with van der Waals surface area (Å²) in [5, 5.41) is 0. The van der Waals surface area contributed by atoms with E-state index in [1.165, 1.54) is 11.1 Å². The van der Waals surface area contributed by atoms with Crippen LogP contribution in [-0.4, -0.2) is 10.8 Å². The highest BCUT2D eigenvalue weighted by atomic mass is 16.2. The predicted molar refractivity (Wildman–Crippen MR) is 94.0 cm³/mol. The minimum absolute atomic E-state index is 0.185. The smallest absolute Gasteiger partial charge is 0.232 e. The summed E-state index contributed by atoms with van der Waals surface area (Å²) in [5.41, 5.74) is 2.31. The van der Waals surface area contributed by atoms with Crippen LogP contribution >= 0.6 is 0 Å². The minimum atomic E-state index is -0.185. The van der Waals surface area contributed by atoms with Gasteiger partial charge < -0.3 is 4.90 Å². The highest BCUT2D eigenvalue weighted by molar-refractivity contribution is 5.92. The van der Waals surface area contributed by atoms with Crippen LogP contribution in [0.25, 0.3) is 0 Å². The Morgan fingerprint density at radius 2 is 1.67 bits per heavy atom. The predicted octanol–water partition coefficient (Wildman–Crippen LogP) is 4.35. The van der Waals surface area contributed by atoms with Crippen LogP contribution in [0, 0.1) is 17.3 Å². The van der Waals surface area contributed by atoms with E-state index >= 15 is 0 Å². The van der Waals surface area contributed by atoms with Crippen molar-refractivity contribution in [2.45, 2.75) is 25.4 Å². The Morgan fingerprint density at radius 3 is 2.29 bits per heavy atom. The lowest BCUT2D eigenvalue weighted by atomic mass is 9.60. The zero-order chi connectivity index (χ0) is 16.1. The van der Waals surface area contributed by atoms with Crippen molar-refractivity contribution in [1.29, 1.82) is 0 Å². The maximum Gasteiger partial charge on any atom is 0.232 e. The lowest BCUT2D eigenvalue weighted by Crippen LogP contribution is -2.64. The van der Waals surface area contributed by atoms with Gasteiger partial charge >= 0.3 is 0 Å². The fraction of sp³-hybridized carbons (Fsp3) is 0.318. The second-order valence-electron chi connectivity index (χ2n) is 7.46. The first kappa shape index (κ1) is 14.0. The van der Waals surface area contributed by atoms with Crippen molar-refractivity contribution < 1.29 is 4.79 Å². The average Bonchev–Trinajstić information content (AvgIpc) is 3.25. The van der Waals surface area contributed by atoms with E-state index in [2.05, 4.69) is 59.5 Å². The van der Waals surface area contributed by atoms with Crippen molar-refractivity contribution >= 4 is 5.91 Å². The highest BCUT2D eigenvalue weighted by Crippen LogP contribution is 2.66. The van der Waals surface area contributed by atoms with Crippen LogP contribution in [0.3, 0.4) is 0 Å². The maximum absolute atomic E-state index is 13.3. The van der Waals surface area contributed by atoms with Crippen molar-refractivity contribution in [2.75, 3.05) is 0 Å². The summed E-state index contributed by atoms with van der Waals surface area (Å²) in [5.74, 6) is 1.38. The molecule has 2 aromatic rings. The summed E-state index contributed by atoms with van der Waals surface area (Å²) in [4.78, 5) is 15.4. The van der Waals surface area contributed by atoms with E-state index in [1.807, 2.05) is 18.2 Å². The molecule has 0 N–H and O–H groups in total. The van der Waals surface area contributed by atoms with Gasteiger partial charge in [-0.1, -0.05) is 72.8 Å². The first-order valence-electron chi connectivity index (χ1n) is 8.87. The molecule has 2 aliphatic carbocycles. The molecule has 0 radical (unpaired) electrons. The van der Waals surface area contributed by atoms with Crippen LogP contribution in [0.4, 0.5) is 0 Å². The van der Waals surface area contributed by atoms with Crippen molar-refractivity contribution in [3.63, 3.8) is 0 Å². The summed E-state index contributed by atoms with van der Waals surface area (Å²) in [6.45, 7) is 0.710.